The van der Waals surface area contributed by atoms with Crippen molar-refractivity contribution in [2.45, 2.75) is 45.6 Å². The molecule has 1 aromatic heterocycles. The average molecular weight is 359 g/mol. The van der Waals surface area contributed by atoms with Gasteiger partial charge in [0.1, 0.15) is 11.1 Å². The molecule has 25 heavy (non-hydrogen) atoms. The normalized spacial score (nSPS) is 18.5. The summed E-state index contributed by atoms with van der Waals surface area (Å²) in [5.74, 6) is 0.207. The van der Waals surface area contributed by atoms with E-state index in [0.717, 1.165) is 43.0 Å². The molecule has 1 aliphatic rings. The first-order chi connectivity index (χ1) is 12.1. The van der Waals surface area contributed by atoms with E-state index < -0.39 is 0 Å². The topological polar surface area (TPSA) is 42.4 Å². The zero-order valence-corrected chi connectivity index (χ0v) is 16.0. The predicted octanol–water partition coefficient (Wildman–Crippen LogP) is 4.57. The van der Waals surface area contributed by atoms with Gasteiger partial charge in [-0.1, -0.05) is 45.0 Å². The molecular formula is C20H26N2O2S. The van der Waals surface area contributed by atoms with Gasteiger partial charge in [-0.15, -0.1) is 11.3 Å². The largest absolute Gasteiger partial charge is 0.456 e. The Balaban J connectivity index is 1.65. The van der Waals surface area contributed by atoms with Crippen LogP contribution in [0.3, 0.4) is 0 Å². The maximum atomic E-state index is 12.4. The van der Waals surface area contributed by atoms with E-state index in [-0.39, 0.29) is 12.1 Å². The molecule has 134 valence electrons. The Labute approximate surface area is 153 Å². The molecule has 1 fully saturated rings. The average Bonchev–Trinajstić information content (AvgIpc) is 3.12. The Morgan fingerprint density at radius 1 is 1.36 bits per heavy atom. The summed E-state index contributed by atoms with van der Waals surface area (Å²) < 4.78 is 5.67. The van der Waals surface area contributed by atoms with E-state index in [1.54, 1.807) is 5.38 Å². The van der Waals surface area contributed by atoms with Gasteiger partial charge in [-0.3, -0.25) is 4.90 Å². The van der Waals surface area contributed by atoms with Gasteiger partial charge in [0.25, 0.3) is 0 Å². The number of hydrogen-bond acceptors (Lipinski definition) is 5. The van der Waals surface area contributed by atoms with Crippen molar-refractivity contribution in [1.82, 2.24) is 9.88 Å². The number of benzene rings is 1. The maximum Gasteiger partial charge on any atom is 0.358 e. The summed E-state index contributed by atoms with van der Waals surface area (Å²) in [6.07, 6.45) is 2.00. The second-order valence-corrected chi connectivity index (χ2v) is 7.74. The SMILES string of the molecule is CCN1CCCC(OC(=O)c2csc(-c3ccc(C(C)C)cc3)n2)C1. The third kappa shape index (κ3) is 4.47. The molecule has 5 heteroatoms. The highest BCUT2D eigenvalue weighted by Gasteiger charge is 2.24. The second kappa shape index (κ2) is 8.11. The van der Waals surface area contributed by atoms with Crippen LogP contribution in [0.2, 0.25) is 0 Å². The third-order valence-electron chi connectivity index (χ3n) is 4.72. The molecule has 1 unspecified atom stereocenters. The van der Waals surface area contributed by atoms with Crippen molar-refractivity contribution in [2.75, 3.05) is 19.6 Å². The molecule has 1 atom stereocenters. The molecule has 3 rings (SSSR count). The van der Waals surface area contributed by atoms with Crippen LogP contribution in [0.5, 0.6) is 0 Å². The number of carbonyl (C=O) groups is 1. The molecule has 1 saturated heterocycles. The minimum absolute atomic E-state index is 0.0170. The number of esters is 1. The fourth-order valence-corrected chi connectivity index (χ4v) is 3.91. The lowest BCUT2D eigenvalue weighted by atomic mass is 10.0. The summed E-state index contributed by atoms with van der Waals surface area (Å²) in [4.78, 5) is 19.2. The summed E-state index contributed by atoms with van der Waals surface area (Å²) in [6, 6.07) is 8.40. The van der Waals surface area contributed by atoms with Crippen LogP contribution in [0.25, 0.3) is 10.6 Å². The van der Waals surface area contributed by atoms with E-state index in [1.807, 2.05) is 0 Å². The molecule has 0 bridgehead atoms. The van der Waals surface area contributed by atoms with Crippen LogP contribution in [0.1, 0.15) is 55.6 Å². The molecule has 0 saturated carbocycles. The molecule has 0 aliphatic carbocycles. The Kier molecular flexibility index (Phi) is 5.86. The van der Waals surface area contributed by atoms with Crippen LogP contribution in [-0.4, -0.2) is 41.6 Å². The first kappa shape index (κ1) is 18.1. The molecule has 0 N–H and O–H groups in total. The number of rotatable bonds is 5. The van der Waals surface area contributed by atoms with E-state index in [0.29, 0.717) is 11.6 Å². The number of likely N-dealkylation sites (tertiary alicyclic amines) is 1. The Morgan fingerprint density at radius 3 is 2.80 bits per heavy atom. The predicted molar refractivity (Wildman–Crippen MR) is 102 cm³/mol. The quantitative estimate of drug-likeness (QED) is 0.734. The first-order valence-electron chi connectivity index (χ1n) is 9.06. The van der Waals surface area contributed by atoms with E-state index in [4.69, 9.17) is 4.74 Å². The summed E-state index contributed by atoms with van der Waals surface area (Å²) in [5, 5.41) is 2.66. The van der Waals surface area contributed by atoms with Crippen molar-refractivity contribution in [3.63, 3.8) is 0 Å². The Bertz CT molecular complexity index is 709. The van der Waals surface area contributed by atoms with Gasteiger partial charge in [-0.25, -0.2) is 9.78 Å². The lowest BCUT2D eigenvalue weighted by molar-refractivity contribution is 0.00724. The van der Waals surface area contributed by atoms with Crippen LogP contribution < -0.4 is 0 Å². The van der Waals surface area contributed by atoms with Gasteiger partial charge in [0.05, 0.1) is 0 Å². The number of nitrogens with zero attached hydrogens (tertiary/aromatic N) is 2. The van der Waals surface area contributed by atoms with E-state index in [2.05, 4.69) is 54.9 Å². The number of piperidine rings is 1. The number of thiazole rings is 1. The minimum Gasteiger partial charge on any atom is -0.456 e. The van der Waals surface area contributed by atoms with Crippen molar-refractivity contribution >= 4 is 17.3 Å². The molecule has 1 aromatic carbocycles. The van der Waals surface area contributed by atoms with E-state index in [9.17, 15) is 4.79 Å². The minimum atomic E-state index is -0.302. The van der Waals surface area contributed by atoms with Crippen molar-refractivity contribution in [2.24, 2.45) is 0 Å². The monoisotopic (exact) mass is 358 g/mol. The highest BCUT2D eigenvalue weighted by molar-refractivity contribution is 7.13. The van der Waals surface area contributed by atoms with Crippen LogP contribution in [0.4, 0.5) is 0 Å². The third-order valence-corrected chi connectivity index (χ3v) is 5.61. The zero-order valence-electron chi connectivity index (χ0n) is 15.2. The van der Waals surface area contributed by atoms with E-state index in [1.165, 1.54) is 16.9 Å². The maximum absolute atomic E-state index is 12.4. The lowest BCUT2D eigenvalue weighted by Gasteiger charge is -2.31. The molecule has 2 aromatic rings. The zero-order chi connectivity index (χ0) is 17.8. The Morgan fingerprint density at radius 2 is 2.12 bits per heavy atom. The van der Waals surface area contributed by atoms with Crippen LogP contribution in [0.15, 0.2) is 29.6 Å². The number of aromatic nitrogens is 1. The lowest BCUT2D eigenvalue weighted by Crippen LogP contribution is -2.40. The van der Waals surface area contributed by atoms with Crippen molar-refractivity contribution in [3.8, 4) is 10.6 Å². The van der Waals surface area contributed by atoms with Crippen LogP contribution in [0, 0.1) is 0 Å². The molecular weight excluding hydrogens is 332 g/mol. The standard InChI is InChI=1S/C20H26N2O2S/c1-4-22-11-5-6-17(12-22)24-20(23)18-13-25-19(21-18)16-9-7-15(8-10-16)14(2)3/h7-10,13-14,17H,4-6,11-12H2,1-3H3. The van der Waals surface area contributed by atoms with Crippen molar-refractivity contribution in [3.05, 3.63) is 40.9 Å². The van der Waals surface area contributed by atoms with Crippen molar-refractivity contribution < 1.29 is 9.53 Å². The molecule has 0 radical (unpaired) electrons. The first-order valence-corrected chi connectivity index (χ1v) is 9.94. The smallest absolute Gasteiger partial charge is 0.358 e. The van der Waals surface area contributed by atoms with Gasteiger partial charge in [-0.2, -0.15) is 0 Å². The number of carbonyl (C=O) groups excluding carboxylic acids is 1. The summed E-state index contributed by atoms with van der Waals surface area (Å²) in [7, 11) is 0. The highest BCUT2D eigenvalue weighted by Crippen LogP contribution is 2.26. The second-order valence-electron chi connectivity index (χ2n) is 6.88. The molecule has 0 amide bonds. The molecule has 4 nitrogen and oxygen atoms in total. The fourth-order valence-electron chi connectivity index (χ4n) is 3.12. The summed E-state index contributed by atoms with van der Waals surface area (Å²) in [5.41, 5.74) is 2.77. The summed E-state index contributed by atoms with van der Waals surface area (Å²) >= 11 is 1.49. The van der Waals surface area contributed by atoms with Crippen molar-refractivity contribution in [1.29, 1.82) is 0 Å². The fraction of sp³-hybridized carbons (Fsp3) is 0.500. The molecule has 1 aliphatic heterocycles. The highest BCUT2D eigenvalue weighted by atomic mass is 32.1. The van der Waals surface area contributed by atoms with Gasteiger partial charge >= 0.3 is 5.97 Å². The number of likely N-dealkylation sites (N-methyl/N-ethyl adjacent to an activating group) is 1. The van der Waals surface area contributed by atoms with Gasteiger partial charge in [0, 0.05) is 17.5 Å². The van der Waals surface area contributed by atoms with Gasteiger partial charge in [0.2, 0.25) is 0 Å². The van der Waals surface area contributed by atoms with Gasteiger partial charge in [-0.05, 0) is 37.4 Å². The van der Waals surface area contributed by atoms with Crippen LogP contribution >= 0.6 is 11.3 Å². The Hall–Kier alpha value is -1.72. The van der Waals surface area contributed by atoms with E-state index >= 15 is 0 Å². The molecule has 2 heterocycles. The summed E-state index contributed by atoms with van der Waals surface area (Å²) in [6.45, 7) is 9.42. The molecule has 0 spiro atoms. The number of ether oxygens (including phenoxy) is 1. The number of hydrogen-bond donors (Lipinski definition) is 0. The van der Waals surface area contributed by atoms with Gasteiger partial charge < -0.3 is 4.74 Å². The van der Waals surface area contributed by atoms with Gasteiger partial charge in [0.15, 0.2) is 5.69 Å². The van der Waals surface area contributed by atoms with Crippen LogP contribution in [-0.2, 0) is 4.74 Å².